The summed E-state index contributed by atoms with van der Waals surface area (Å²) in [6.07, 6.45) is 3.84. The van der Waals surface area contributed by atoms with Gasteiger partial charge in [-0.1, -0.05) is 32.0 Å². The van der Waals surface area contributed by atoms with Crippen molar-refractivity contribution in [1.29, 1.82) is 0 Å². The molecule has 10 atom stereocenters. The molecule has 6 aliphatic rings. The minimum absolute atomic E-state index is 0.127. The van der Waals surface area contributed by atoms with Gasteiger partial charge in [-0.15, -0.1) is 0 Å². The Kier molecular flexibility index (Phi) is 3.17. The van der Waals surface area contributed by atoms with Crippen LogP contribution in [0.1, 0.15) is 45.1 Å². The van der Waals surface area contributed by atoms with E-state index in [0.717, 1.165) is 30.3 Å². The molecule has 2 N–H and O–H groups in total. The summed E-state index contributed by atoms with van der Waals surface area (Å²) in [6, 6.07) is 9.97. The highest BCUT2D eigenvalue weighted by Gasteiger charge is 2.82. The number of para-hydroxylation sites is 1. The van der Waals surface area contributed by atoms with E-state index in [0.29, 0.717) is 35.9 Å². The molecule has 4 nitrogen and oxygen atoms in total. The molecular formula is C23H33N2O2+. The number of anilines is 1. The maximum Gasteiger partial charge on any atom is 0.194 e. The summed E-state index contributed by atoms with van der Waals surface area (Å²) in [7, 11) is 2.23. The maximum absolute atomic E-state index is 11.9. The Bertz CT molecular complexity index is 798. The first-order valence-electron chi connectivity index (χ1n) is 11.1. The predicted octanol–water partition coefficient (Wildman–Crippen LogP) is 2.48. The Balaban J connectivity index is 1.62. The van der Waals surface area contributed by atoms with Gasteiger partial charge in [-0.25, -0.2) is 0 Å². The molecule has 5 bridgehead atoms. The standard InChI is InChI=1S/C23H33N2O2/c1-4-10-25-17-11-14(13(5-2)22(25)27)19-18(25)12-23(21(19)26)15-8-6-7-9-16(15)24(3)20(17)23/h6-9,13-14,17-22,26-27H,4-5,10-12H2,1-3H3/q+1/t13-,14-,17+,18+,19+,20+,21-,22-,23+,25+/m1/s1. The summed E-state index contributed by atoms with van der Waals surface area (Å²) in [6.45, 7) is 5.56. The zero-order valence-corrected chi connectivity index (χ0v) is 16.8. The molecule has 27 heavy (non-hydrogen) atoms. The topological polar surface area (TPSA) is 43.7 Å². The molecule has 1 aromatic carbocycles. The Labute approximate surface area is 162 Å². The van der Waals surface area contributed by atoms with Crippen LogP contribution in [0.15, 0.2) is 24.3 Å². The summed E-state index contributed by atoms with van der Waals surface area (Å²) in [5.41, 5.74) is 2.56. The number of hydrogen-bond acceptors (Lipinski definition) is 3. The number of quaternary nitrogens is 1. The van der Waals surface area contributed by atoms with E-state index in [1.165, 1.54) is 17.7 Å². The molecule has 5 aliphatic heterocycles. The second kappa shape index (κ2) is 5.08. The summed E-state index contributed by atoms with van der Waals surface area (Å²) in [5, 5.41) is 23.6. The monoisotopic (exact) mass is 369 g/mol. The second-order valence-electron chi connectivity index (χ2n) is 10.1. The first-order chi connectivity index (χ1) is 13.0. The summed E-state index contributed by atoms with van der Waals surface area (Å²) < 4.78 is 0.873. The third-order valence-electron chi connectivity index (χ3n) is 9.73. The van der Waals surface area contributed by atoms with Gasteiger partial charge in [0.2, 0.25) is 0 Å². The normalized spacial score (nSPS) is 53.7. The molecule has 4 heteroatoms. The Morgan fingerprint density at radius 3 is 2.70 bits per heavy atom. The first-order valence-corrected chi connectivity index (χ1v) is 11.1. The quantitative estimate of drug-likeness (QED) is 0.805. The molecule has 0 amide bonds. The van der Waals surface area contributed by atoms with Crippen LogP contribution >= 0.6 is 0 Å². The molecule has 4 saturated heterocycles. The number of aliphatic hydroxyl groups excluding tert-OH is 2. The van der Waals surface area contributed by atoms with Gasteiger partial charge in [-0.05, 0) is 30.4 Å². The van der Waals surface area contributed by atoms with E-state index >= 15 is 0 Å². The van der Waals surface area contributed by atoms with Gasteiger partial charge in [0.05, 0.1) is 30.1 Å². The highest BCUT2D eigenvalue weighted by molar-refractivity contribution is 5.66. The summed E-state index contributed by atoms with van der Waals surface area (Å²) in [4.78, 5) is 2.48. The molecule has 146 valence electrons. The van der Waals surface area contributed by atoms with E-state index < -0.39 is 0 Å². The van der Waals surface area contributed by atoms with Crippen LogP contribution in [0.2, 0.25) is 0 Å². The average molecular weight is 370 g/mol. The molecule has 1 saturated carbocycles. The van der Waals surface area contributed by atoms with Gasteiger partial charge in [0.25, 0.3) is 0 Å². The predicted molar refractivity (Wildman–Crippen MR) is 105 cm³/mol. The van der Waals surface area contributed by atoms with Gasteiger partial charge in [-0.3, -0.25) is 4.48 Å². The largest absolute Gasteiger partial charge is 0.392 e. The smallest absolute Gasteiger partial charge is 0.194 e. The van der Waals surface area contributed by atoms with Crippen molar-refractivity contribution in [3.63, 3.8) is 0 Å². The fourth-order valence-electron chi connectivity index (χ4n) is 9.23. The van der Waals surface area contributed by atoms with Crippen molar-refractivity contribution in [2.45, 2.75) is 75.4 Å². The van der Waals surface area contributed by atoms with E-state index in [9.17, 15) is 10.2 Å². The fourth-order valence-corrected chi connectivity index (χ4v) is 9.23. The lowest BCUT2D eigenvalue weighted by molar-refractivity contribution is -1.04. The number of likely N-dealkylation sites (N-methyl/N-ethyl adjacent to an activating group) is 1. The van der Waals surface area contributed by atoms with Crippen LogP contribution in [0.3, 0.4) is 0 Å². The number of benzene rings is 1. The molecule has 5 fully saturated rings. The van der Waals surface area contributed by atoms with E-state index in [2.05, 4.69) is 50.1 Å². The van der Waals surface area contributed by atoms with Crippen LogP contribution in [-0.4, -0.2) is 58.7 Å². The van der Waals surface area contributed by atoms with Crippen LogP contribution in [0.4, 0.5) is 5.69 Å². The Morgan fingerprint density at radius 2 is 1.96 bits per heavy atom. The van der Waals surface area contributed by atoms with Gasteiger partial charge in [-0.2, -0.15) is 0 Å². The fraction of sp³-hybridized carbons (Fsp3) is 0.739. The van der Waals surface area contributed by atoms with Gasteiger partial charge < -0.3 is 15.1 Å². The van der Waals surface area contributed by atoms with Crippen LogP contribution in [0.25, 0.3) is 0 Å². The van der Waals surface area contributed by atoms with Gasteiger partial charge in [0.15, 0.2) is 6.23 Å². The van der Waals surface area contributed by atoms with E-state index in [1.54, 1.807) is 0 Å². The number of rotatable bonds is 3. The number of piperidine rings is 4. The molecule has 1 aromatic rings. The van der Waals surface area contributed by atoms with Crippen LogP contribution in [0, 0.1) is 17.8 Å². The van der Waals surface area contributed by atoms with E-state index in [1.807, 2.05) is 0 Å². The lowest BCUT2D eigenvalue weighted by atomic mass is 9.60. The van der Waals surface area contributed by atoms with Crippen molar-refractivity contribution in [3.8, 4) is 0 Å². The maximum atomic E-state index is 11.9. The van der Waals surface area contributed by atoms with Crippen LogP contribution in [-0.2, 0) is 5.41 Å². The van der Waals surface area contributed by atoms with Gasteiger partial charge in [0, 0.05) is 37.4 Å². The van der Waals surface area contributed by atoms with Gasteiger partial charge >= 0.3 is 0 Å². The summed E-state index contributed by atoms with van der Waals surface area (Å²) in [5.74, 6) is 1.18. The Morgan fingerprint density at radius 1 is 1.19 bits per heavy atom. The van der Waals surface area contributed by atoms with Crippen molar-refractivity contribution in [2.75, 3.05) is 18.5 Å². The van der Waals surface area contributed by atoms with E-state index in [4.69, 9.17) is 0 Å². The zero-order valence-electron chi connectivity index (χ0n) is 16.8. The highest BCUT2D eigenvalue weighted by Crippen LogP contribution is 2.71. The molecule has 1 aliphatic carbocycles. The number of aliphatic hydroxyl groups is 2. The minimum atomic E-state index is -0.271. The van der Waals surface area contributed by atoms with E-state index in [-0.39, 0.29) is 17.7 Å². The zero-order chi connectivity index (χ0) is 18.7. The lowest BCUT2D eigenvalue weighted by Crippen LogP contribution is -2.83. The van der Waals surface area contributed by atoms with Crippen molar-refractivity contribution in [2.24, 2.45) is 17.8 Å². The SMILES string of the molecule is CCC[N@+]12[C@H](O)[C@H](CC)[C@H]3C[C@H]1[C@@H]1N(C)c4ccccc4[C@@]14C[C@H]2[C@H]3[C@H]4O. The third kappa shape index (κ3) is 1.51. The molecule has 0 radical (unpaired) electrons. The minimum Gasteiger partial charge on any atom is -0.392 e. The molecule has 0 unspecified atom stereocenters. The van der Waals surface area contributed by atoms with Crippen LogP contribution in [0.5, 0.6) is 0 Å². The number of hydrogen-bond donors (Lipinski definition) is 2. The van der Waals surface area contributed by atoms with Crippen molar-refractivity contribution in [3.05, 3.63) is 29.8 Å². The molecule has 7 rings (SSSR count). The molecule has 0 aromatic heterocycles. The van der Waals surface area contributed by atoms with Crippen molar-refractivity contribution < 1.29 is 14.7 Å². The molecule has 5 heterocycles. The Hall–Kier alpha value is -1.10. The second-order valence-corrected chi connectivity index (χ2v) is 10.1. The first kappa shape index (κ1) is 16.8. The molecule has 1 spiro atoms. The highest BCUT2D eigenvalue weighted by atomic mass is 16.3. The average Bonchev–Trinajstić information content (AvgIpc) is 3.06. The number of fused-ring (bicyclic) bond motifs is 2. The third-order valence-corrected chi connectivity index (χ3v) is 9.73. The van der Waals surface area contributed by atoms with Crippen molar-refractivity contribution >= 4 is 5.69 Å². The van der Waals surface area contributed by atoms with Crippen molar-refractivity contribution in [1.82, 2.24) is 0 Å². The number of nitrogens with zero attached hydrogens (tertiary/aromatic N) is 2. The van der Waals surface area contributed by atoms with Crippen LogP contribution < -0.4 is 4.90 Å². The lowest BCUT2D eigenvalue weighted by Gasteiger charge is -2.68. The van der Waals surface area contributed by atoms with Gasteiger partial charge in [0.1, 0.15) is 6.04 Å². The summed E-state index contributed by atoms with van der Waals surface area (Å²) >= 11 is 0. The molecular weight excluding hydrogens is 336 g/mol.